The Morgan fingerprint density at radius 1 is 0.396 bits per heavy atom. The predicted octanol–water partition coefficient (Wildman–Crippen LogP) is 11.8. The normalized spacial score (nSPS) is 13.3. The summed E-state index contributed by atoms with van der Waals surface area (Å²) < 4.78 is 18.2. The maximum Gasteiger partial charge on any atom is 0.235 e. The van der Waals surface area contributed by atoms with Crippen LogP contribution in [0, 0.1) is 13.8 Å². The number of aromatic nitrogens is 2. The van der Waals surface area contributed by atoms with Crippen molar-refractivity contribution in [2.75, 3.05) is 4.67 Å². The highest BCUT2D eigenvalue weighted by atomic mass is 31.2. The summed E-state index contributed by atoms with van der Waals surface area (Å²) in [6.07, 6.45) is 3.72. The summed E-state index contributed by atoms with van der Waals surface area (Å²) in [5.41, 5.74) is 17.2. The highest BCUT2D eigenvalue weighted by Gasteiger charge is 2.47. The fourth-order valence-electron chi connectivity index (χ4n) is 8.10. The van der Waals surface area contributed by atoms with Gasteiger partial charge in [-0.1, -0.05) is 97.1 Å². The van der Waals surface area contributed by atoms with E-state index >= 15 is 4.57 Å². The van der Waals surface area contributed by atoms with Crippen molar-refractivity contribution in [2.45, 2.75) is 13.8 Å². The van der Waals surface area contributed by atoms with Crippen LogP contribution in [0.1, 0.15) is 11.4 Å². The molecule has 0 unspecified atom stereocenters. The molecule has 4 heterocycles. The van der Waals surface area contributed by atoms with Crippen LogP contribution in [0.15, 0.2) is 170 Å². The number of pyridine rings is 2. The quantitative estimate of drug-likeness (QED) is 0.172. The van der Waals surface area contributed by atoms with Gasteiger partial charge in [0.15, 0.2) is 0 Å². The van der Waals surface area contributed by atoms with Crippen LogP contribution in [-0.2, 0) is 4.57 Å². The van der Waals surface area contributed by atoms with Crippen molar-refractivity contribution < 1.29 is 4.57 Å². The molecule has 252 valence electrons. The number of benzene rings is 6. The Labute approximate surface area is 309 Å². The molecule has 0 radical (unpaired) electrons. The van der Waals surface area contributed by atoms with Crippen molar-refractivity contribution in [2.24, 2.45) is 0 Å². The molecule has 2 aromatic heterocycles. The Balaban J connectivity index is 1.10. The van der Waals surface area contributed by atoms with Crippen LogP contribution < -0.4 is 15.3 Å². The molecule has 0 N–H and O–H groups in total. The molecule has 0 amide bonds. The van der Waals surface area contributed by atoms with Gasteiger partial charge in [0.1, 0.15) is 0 Å². The second kappa shape index (κ2) is 12.1. The molecule has 0 fully saturated rings. The second-order valence-electron chi connectivity index (χ2n) is 13.9. The topological polar surface area (TPSA) is 46.1 Å². The molecule has 53 heavy (non-hydrogen) atoms. The van der Waals surface area contributed by atoms with E-state index in [1.165, 1.54) is 0 Å². The van der Waals surface area contributed by atoms with Crippen molar-refractivity contribution in [3.63, 3.8) is 0 Å². The summed E-state index contributed by atoms with van der Waals surface area (Å²) in [7, 11) is -3.30. The van der Waals surface area contributed by atoms with E-state index in [-0.39, 0.29) is 0 Å². The zero-order valence-corrected chi connectivity index (χ0v) is 30.3. The number of aryl methyl sites for hydroxylation is 2. The van der Waals surface area contributed by atoms with Crippen LogP contribution in [0.4, 0.5) is 11.4 Å². The van der Waals surface area contributed by atoms with Gasteiger partial charge in [0, 0.05) is 45.5 Å². The first kappa shape index (κ1) is 31.4. The molecule has 0 saturated heterocycles. The van der Waals surface area contributed by atoms with Gasteiger partial charge in [-0.15, -0.1) is 0 Å². The number of hydrogen-bond donors (Lipinski definition) is 0. The Morgan fingerprint density at radius 3 is 1.15 bits per heavy atom. The molecule has 0 bridgehead atoms. The Hall–Kier alpha value is -6.35. The lowest BCUT2D eigenvalue weighted by molar-refractivity contribution is 0.586. The zero-order chi connectivity index (χ0) is 35.7. The standard InChI is InChI=1S/C48H34N3OP/c1-31-27-39(23-25-49-31)35-15-11-33(12-16-35)37-19-21-45-43(29-37)41-7-3-5-9-47(41)53(52)48-10-6-4-8-42(48)44-30-38(20-22-46(44)51(45)53)34-13-17-36(18-14-34)40-24-26-50-32(2)28-40/h3-30H,1-2H3. The third-order valence-electron chi connectivity index (χ3n) is 10.7. The maximum atomic E-state index is 16.0. The van der Waals surface area contributed by atoms with Crippen LogP contribution in [0.2, 0.25) is 0 Å². The van der Waals surface area contributed by atoms with Crippen LogP contribution in [0.3, 0.4) is 0 Å². The average Bonchev–Trinajstić information content (AvgIpc) is 3.21. The van der Waals surface area contributed by atoms with Crippen molar-refractivity contribution in [3.8, 4) is 66.8 Å². The number of rotatable bonds is 4. The second-order valence-corrected chi connectivity index (χ2v) is 16.4. The molecule has 6 aromatic carbocycles. The van der Waals surface area contributed by atoms with Crippen LogP contribution in [0.5, 0.6) is 0 Å². The number of hydrogen-bond acceptors (Lipinski definition) is 3. The van der Waals surface area contributed by atoms with Crippen LogP contribution in [0.25, 0.3) is 66.8 Å². The van der Waals surface area contributed by atoms with Crippen molar-refractivity contribution >= 4 is 29.3 Å². The summed E-state index contributed by atoms with van der Waals surface area (Å²) in [4.78, 5) is 8.71. The third-order valence-corrected chi connectivity index (χ3v) is 13.7. The lowest BCUT2D eigenvalue weighted by Crippen LogP contribution is -2.37. The van der Waals surface area contributed by atoms with E-state index in [1.54, 1.807) is 0 Å². The van der Waals surface area contributed by atoms with Gasteiger partial charge in [-0.25, -0.2) is 0 Å². The zero-order valence-electron chi connectivity index (χ0n) is 29.4. The fraction of sp³-hybridized carbons (Fsp3) is 0.0417. The molecule has 5 heteroatoms. The SMILES string of the molecule is Cc1cc(-c2ccc(-c3ccc4c(c3)-c3ccccc3P3(=O)c5ccccc5-c5cc(-c6ccc(-c7ccnc(C)c7)cc6)ccc5N43)cc2)ccn1. The molecule has 10 rings (SSSR count). The van der Waals surface area contributed by atoms with E-state index in [0.29, 0.717) is 0 Å². The number of anilines is 2. The van der Waals surface area contributed by atoms with Gasteiger partial charge in [0.05, 0.1) is 11.4 Å². The molecule has 0 spiro atoms. The van der Waals surface area contributed by atoms with Gasteiger partial charge in [0.2, 0.25) is 7.29 Å². The highest BCUT2D eigenvalue weighted by molar-refractivity contribution is 7.81. The van der Waals surface area contributed by atoms with E-state index < -0.39 is 7.29 Å². The van der Waals surface area contributed by atoms with Crippen LogP contribution >= 0.6 is 7.29 Å². The fourth-order valence-corrected chi connectivity index (χ4v) is 11.4. The lowest BCUT2D eigenvalue weighted by Gasteiger charge is -2.44. The summed E-state index contributed by atoms with van der Waals surface area (Å²) >= 11 is 0. The van der Waals surface area contributed by atoms with Crippen LogP contribution in [-0.4, -0.2) is 9.97 Å². The van der Waals surface area contributed by atoms with Gasteiger partial charge in [0.25, 0.3) is 0 Å². The molecule has 8 aromatic rings. The van der Waals surface area contributed by atoms with Gasteiger partial charge in [-0.2, -0.15) is 0 Å². The van der Waals surface area contributed by atoms with Gasteiger partial charge < -0.3 is 0 Å². The predicted molar refractivity (Wildman–Crippen MR) is 220 cm³/mol. The number of nitrogens with zero attached hydrogens (tertiary/aromatic N) is 3. The Morgan fingerprint density at radius 2 is 0.755 bits per heavy atom. The van der Waals surface area contributed by atoms with Crippen molar-refractivity contribution in [1.82, 2.24) is 9.97 Å². The van der Waals surface area contributed by atoms with E-state index in [2.05, 4.69) is 148 Å². The first-order valence-corrected chi connectivity index (χ1v) is 19.6. The molecule has 2 aliphatic heterocycles. The first-order chi connectivity index (χ1) is 26.0. The molecule has 0 atom stereocenters. The molecule has 0 aliphatic carbocycles. The average molecular weight is 700 g/mol. The Kier molecular flexibility index (Phi) is 7.18. The first-order valence-electron chi connectivity index (χ1n) is 17.9. The third kappa shape index (κ3) is 5.02. The monoisotopic (exact) mass is 699 g/mol. The van der Waals surface area contributed by atoms with E-state index in [0.717, 1.165) is 100 Å². The molecular formula is C48H34N3OP. The molecular weight excluding hydrogens is 666 g/mol. The summed E-state index contributed by atoms with van der Waals surface area (Å²) in [6.45, 7) is 4.04. The minimum Gasteiger partial charge on any atom is -0.289 e. The highest BCUT2D eigenvalue weighted by Crippen LogP contribution is 2.66. The lowest BCUT2D eigenvalue weighted by atomic mass is 9.94. The van der Waals surface area contributed by atoms with Gasteiger partial charge in [-0.05, 0) is 130 Å². The smallest absolute Gasteiger partial charge is 0.235 e. The van der Waals surface area contributed by atoms with E-state index in [4.69, 9.17) is 0 Å². The Bertz CT molecular complexity index is 2600. The summed E-state index contributed by atoms with van der Waals surface area (Å²) in [6, 6.07) is 55.5. The molecule has 0 saturated carbocycles. The van der Waals surface area contributed by atoms with E-state index in [9.17, 15) is 0 Å². The van der Waals surface area contributed by atoms with Crippen molar-refractivity contribution in [3.05, 3.63) is 182 Å². The molecule has 2 aliphatic rings. The van der Waals surface area contributed by atoms with Gasteiger partial charge in [-0.3, -0.25) is 19.2 Å². The number of fused-ring (bicyclic) bond motifs is 11. The summed E-state index contributed by atoms with van der Waals surface area (Å²) in [5, 5.41) is 1.74. The minimum absolute atomic E-state index is 0.872. The maximum absolute atomic E-state index is 16.0. The van der Waals surface area contributed by atoms with Crippen molar-refractivity contribution in [1.29, 1.82) is 0 Å². The largest absolute Gasteiger partial charge is 0.289 e. The minimum atomic E-state index is -3.30. The van der Waals surface area contributed by atoms with E-state index in [1.807, 2.05) is 50.5 Å². The van der Waals surface area contributed by atoms with Gasteiger partial charge >= 0.3 is 0 Å². The molecule has 4 nitrogen and oxygen atoms in total. The summed E-state index contributed by atoms with van der Waals surface area (Å²) in [5.74, 6) is 0.